The van der Waals surface area contributed by atoms with Gasteiger partial charge in [-0.1, -0.05) is 44.0 Å². The molecule has 1 atom stereocenters. The second kappa shape index (κ2) is 6.91. The second-order valence-corrected chi connectivity index (χ2v) is 5.38. The minimum absolute atomic E-state index is 0.655. The van der Waals surface area contributed by atoms with E-state index in [4.69, 9.17) is 5.73 Å². The third-order valence-electron chi connectivity index (χ3n) is 4.08. The molecule has 100 valence electrons. The third kappa shape index (κ3) is 3.33. The van der Waals surface area contributed by atoms with Gasteiger partial charge in [0.1, 0.15) is 0 Å². The molecule has 0 amide bonds. The van der Waals surface area contributed by atoms with Crippen LogP contribution in [0, 0.1) is 0 Å². The zero-order chi connectivity index (χ0) is 12.8. The van der Waals surface area contributed by atoms with Gasteiger partial charge < -0.3 is 5.73 Å². The first-order valence-corrected chi connectivity index (χ1v) is 7.36. The van der Waals surface area contributed by atoms with Crippen LogP contribution in [0.15, 0.2) is 24.3 Å². The van der Waals surface area contributed by atoms with E-state index in [1.165, 1.54) is 49.8 Å². The highest BCUT2D eigenvalue weighted by Gasteiger charge is 2.21. The molecule has 1 heterocycles. The fourth-order valence-electron chi connectivity index (χ4n) is 3.06. The van der Waals surface area contributed by atoms with Gasteiger partial charge in [-0.3, -0.25) is 4.90 Å². The topological polar surface area (TPSA) is 29.3 Å². The van der Waals surface area contributed by atoms with Crippen molar-refractivity contribution >= 4 is 0 Å². The van der Waals surface area contributed by atoms with Crippen molar-refractivity contribution in [2.45, 2.75) is 58.2 Å². The Morgan fingerprint density at radius 3 is 2.72 bits per heavy atom. The van der Waals surface area contributed by atoms with Crippen molar-refractivity contribution in [3.05, 3.63) is 35.4 Å². The summed E-state index contributed by atoms with van der Waals surface area (Å²) in [6, 6.07) is 9.40. The van der Waals surface area contributed by atoms with Crippen molar-refractivity contribution < 1.29 is 0 Å². The van der Waals surface area contributed by atoms with Crippen LogP contribution < -0.4 is 5.73 Å². The lowest BCUT2D eigenvalue weighted by Crippen LogP contribution is -2.39. The molecule has 1 fully saturated rings. The van der Waals surface area contributed by atoms with Crippen molar-refractivity contribution in [2.24, 2.45) is 5.73 Å². The van der Waals surface area contributed by atoms with Crippen molar-refractivity contribution in [3.63, 3.8) is 0 Å². The molecule has 0 radical (unpaired) electrons. The normalized spacial score (nSPS) is 21.1. The first kappa shape index (κ1) is 13.6. The fraction of sp³-hybridized carbons (Fsp3) is 0.625. The molecule has 1 aromatic carbocycles. The standard InChI is InChI=1S/C16H26N2/c1-2-7-16-10-5-6-11-18(16)13-15-9-4-3-8-14(15)12-17/h3-4,8-9,16H,2,5-7,10-13,17H2,1H3. The Morgan fingerprint density at radius 2 is 2.00 bits per heavy atom. The quantitative estimate of drug-likeness (QED) is 0.863. The summed E-state index contributed by atoms with van der Waals surface area (Å²) in [6.45, 7) is 5.28. The van der Waals surface area contributed by atoms with Crippen LogP contribution in [0.3, 0.4) is 0 Å². The van der Waals surface area contributed by atoms with Gasteiger partial charge in [0.15, 0.2) is 0 Å². The van der Waals surface area contributed by atoms with Crippen LogP contribution in [0.2, 0.25) is 0 Å². The summed E-state index contributed by atoms with van der Waals surface area (Å²) in [5.41, 5.74) is 8.55. The summed E-state index contributed by atoms with van der Waals surface area (Å²) in [5, 5.41) is 0. The maximum absolute atomic E-state index is 5.83. The van der Waals surface area contributed by atoms with Crippen LogP contribution in [0.4, 0.5) is 0 Å². The first-order valence-electron chi connectivity index (χ1n) is 7.36. The minimum Gasteiger partial charge on any atom is -0.326 e. The fourth-order valence-corrected chi connectivity index (χ4v) is 3.06. The Balaban J connectivity index is 2.05. The largest absolute Gasteiger partial charge is 0.326 e. The molecule has 1 aliphatic rings. The van der Waals surface area contributed by atoms with Gasteiger partial charge in [0.05, 0.1) is 0 Å². The van der Waals surface area contributed by atoms with E-state index >= 15 is 0 Å². The zero-order valence-corrected chi connectivity index (χ0v) is 11.6. The smallest absolute Gasteiger partial charge is 0.0239 e. The number of hydrogen-bond acceptors (Lipinski definition) is 2. The predicted molar refractivity (Wildman–Crippen MR) is 77.3 cm³/mol. The Labute approximate surface area is 111 Å². The van der Waals surface area contributed by atoms with E-state index < -0.39 is 0 Å². The third-order valence-corrected chi connectivity index (χ3v) is 4.08. The molecule has 1 aliphatic heterocycles. The van der Waals surface area contributed by atoms with E-state index in [0.717, 1.165) is 12.6 Å². The second-order valence-electron chi connectivity index (χ2n) is 5.38. The van der Waals surface area contributed by atoms with Crippen LogP contribution >= 0.6 is 0 Å². The molecular weight excluding hydrogens is 220 g/mol. The number of hydrogen-bond donors (Lipinski definition) is 1. The highest BCUT2D eigenvalue weighted by atomic mass is 15.2. The molecule has 0 aromatic heterocycles. The average Bonchev–Trinajstić information content (AvgIpc) is 2.42. The zero-order valence-electron chi connectivity index (χ0n) is 11.6. The molecule has 0 aliphatic carbocycles. The van der Waals surface area contributed by atoms with Gasteiger partial charge in [-0.2, -0.15) is 0 Å². The van der Waals surface area contributed by atoms with Gasteiger partial charge >= 0.3 is 0 Å². The van der Waals surface area contributed by atoms with Crippen molar-refractivity contribution in [1.29, 1.82) is 0 Å². The molecule has 2 rings (SSSR count). The van der Waals surface area contributed by atoms with E-state index in [2.05, 4.69) is 36.1 Å². The summed E-state index contributed by atoms with van der Waals surface area (Å²) < 4.78 is 0. The van der Waals surface area contributed by atoms with Gasteiger partial charge in [-0.05, 0) is 36.9 Å². The molecule has 1 unspecified atom stereocenters. The molecule has 0 saturated carbocycles. The van der Waals surface area contributed by atoms with Gasteiger partial charge in [0.2, 0.25) is 0 Å². The van der Waals surface area contributed by atoms with E-state index in [1.807, 2.05) is 0 Å². The summed E-state index contributed by atoms with van der Waals surface area (Å²) in [4.78, 5) is 2.67. The molecule has 0 bridgehead atoms. The van der Waals surface area contributed by atoms with Gasteiger partial charge in [0, 0.05) is 19.1 Å². The first-order chi connectivity index (χ1) is 8.85. The molecule has 2 N–H and O–H groups in total. The number of likely N-dealkylation sites (tertiary alicyclic amines) is 1. The monoisotopic (exact) mass is 246 g/mol. The minimum atomic E-state index is 0.655. The Morgan fingerprint density at radius 1 is 1.22 bits per heavy atom. The van der Waals surface area contributed by atoms with Gasteiger partial charge in [0.25, 0.3) is 0 Å². The highest BCUT2D eigenvalue weighted by Crippen LogP contribution is 2.23. The van der Waals surface area contributed by atoms with Gasteiger partial charge in [-0.25, -0.2) is 0 Å². The van der Waals surface area contributed by atoms with E-state index in [9.17, 15) is 0 Å². The van der Waals surface area contributed by atoms with E-state index in [0.29, 0.717) is 6.54 Å². The lowest BCUT2D eigenvalue weighted by Gasteiger charge is -2.36. The Kier molecular flexibility index (Phi) is 5.21. The molecule has 2 nitrogen and oxygen atoms in total. The van der Waals surface area contributed by atoms with Crippen molar-refractivity contribution in [3.8, 4) is 0 Å². The average molecular weight is 246 g/mol. The molecule has 2 heteroatoms. The van der Waals surface area contributed by atoms with Crippen molar-refractivity contribution in [2.75, 3.05) is 6.54 Å². The van der Waals surface area contributed by atoms with Crippen molar-refractivity contribution in [1.82, 2.24) is 4.90 Å². The van der Waals surface area contributed by atoms with Crippen LogP contribution in [0.1, 0.15) is 50.2 Å². The summed E-state index contributed by atoms with van der Waals surface area (Å²) >= 11 is 0. The molecule has 1 saturated heterocycles. The summed E-state index contributed by atoms with van der Waals surface area (Å²) in [6.07, 6.45) is 6.76. The van der Waals surface area contributed by atoms with E-state index in [-0.39, 0.29) is 0 Å². The SMILES string of the molecule is CCCC1CCCCN1Cc1ccccc1CN. The summed E-state index contributed by atoms with van der Waals surface area (Å²) in [7, 11) is 0. The number of rotatable bonds is 5. The number of benzene rings is 1. The Hall–Kier alpha value is -0.860. The summed E-state index contributed by atoms with van der Waals surface area (Å²) in [5.74, 6) is 0. The molecule has 18 heavy (non-hydrogen) atoms. The maximum Gasteiger partial charge on any atom is 0.0239 e. The highest BCUT2D eigenvalue weighted by molar-refractivity contribution is 5.26. The van der Waals surface area contributed by atoms with Crippen LogP contribution in [-0.2, 0) is 13.1 Å². The molecule has 1 aromatic rings. The molecule has 0 spiro atoms. The Bertz CT molecular complexity index is 360. The maximum atomic E-state index is 5.83. The van der Waals surface area contributed by atoms with Crippen LogP contribution in [-0.4, -0.2) is 17.5 Å². The lowest BCUT2D eigenvalue weighted by atomic mass is 9.96. The number of nitrogens with two attached hydrogens (primary N) is 1. The van der Waals surface area contributed by atoms with Crippen LogP contribution in [0.5, 0.6) is 0 Å². The number of piperidine rings is 1. The lowest BCUT2D eigenvalue weighted by molar-refractivity contribution is 0.131. The van der Waals surface area contributed by atoms with E-state index in [1.54, 1.807) is 0 Å². The van der Waals surface area contributed by atoms with Crippen LogP contribution in [0.25, 0.3) is 0 Å². The number of nitrogens with zero attached hydrogens (tertiary/aromatic N) is 1. The predicted octanol–water partition coefficient (Wildman–Crippen LogP) is 3.30. The molecular formula is C16H26N2. The van der Waals surface area contributed by atoms with Gasteiger partial charge in [-0.15, -0.1) is 0 Å².